The van der Waals surface area contributed by atoms with E-state index in [2.05, 4.69) is 58.4 Å². The molecule has 26 heavy (non-hydrogen) atoms. The van der Waals surface area contributed by atoms with Crippen molar-refractivity contribution in [2.45, 2.75) is 0 Å². The van der Waals surface area contributed by atoms with Gasteiger partial charge in [0.2, 0.25) is 0 Å². The second-order valence-corrected chi connectivity index (χ2v) is 7.01. The molecule has 4 rings (SSSR count). The molecule has 0 saturated carbocycles. The Kier molecular flexibility index (Phi) is 5.80. The normalized spacial score (nSPS) is 10.2. The van der Waals surface area contributed by atoms with Crippen LogP contribution in [0.2, 0.25) is 0 Å². The SMILES string of the molecule is C=Cc1cnc2ccc(Br)cc2n1.O=Cc1cnc2ccc(Br)cc2n1. The lowest BCUT2D eigenvalue weighted by Crippen LogP contribution is -1.90. The number of benzene rings is 2. The zero-order chi connectivity index (χ0) is 18.5. The number of halogens is 2. The molecule has 4 aromatic rings. The van der Waals surface area contributed by atoms with Gasteiger partial charge in [-0.05, 0) is 42.5 Å². The third-order valence-corrected chi connectivity index (χ3v) is 4.36. The van der Waals surface area contributed by atoms with Crippen molar-refractivity contribution in [3.8, 4) is 0 Å². The molecule has 0 spiro atoms. The van der Waals surface area contributed by atoms with Gasteiger partial charge in [-0.25, -0.2) is 9.97 Å². The fourth-order valence-corrected chi connectivity index (χ4v) is 2.85. The van der Waals surface area contributed by atoms with E-state index in [1.165, 1.54) is 6.20 Å². The van der Waals surface area contributed by atoms with Crippen LogP contribution in [0.3, 0.4) is 0 Å². The summed E-state index contributed by atoms with van der Waals surface area (Å²) in [5.74, 6) is 0. The van der Waals surface area contributed by atoms with Gasteiger partial charge in [-0.3, -0.25) is 14.8 Å². The van der Waals surface area contributed by atoms with Crippen LogP contribution in [0.5, 0.6) is 0 Å². The highest BCUT2D eigenvalue weighted by molar-refractivity contribution is 9.10. The van der Waals surface area contributed by atoms with Gasteiger partial charge < -0.3 is 0 Å². The minimum absolute atomic E-state index is 0.352. The average Bonchev–Trinajstić information content (AvgIpc) is 2.67. The zero-order valence-electron chi connectivity index (χ0n) is 13.4. The summed E-state index contributed by atoms with van der Waals surface area (Å²) in [7, 11) is 0. The van der Waals surface area contributed by atoms with Gasteiger partial charge in [0.05, 0.1) is 40.2 Å². The Morgan fingerprint density at radius 3 is 1.77 bits per heavy atom. The zero-order valence-corrected chi connectivity index (χ0v) is 16.6. The monoisotopic (exact) mass is 470 g/mol. The van der Waals surface area contributed by atoms with Crippen LogP contribution in [0.1, 0.15) is 16.2 Å². The summed E-state index contributed by atoms with van der Waals surface area (Å²) < 4.78 is 1.94. The molecule has 0 N–H and O–H groups in total. The Balaban J connectivity index is 0.000000151. The first-order valence-corrected chi connectivity index (χ1v) is 9.10. The highest BCUT2D eigenvalue weighted by Gasteiger charge is 1.99. The molecule has 0 fully saturated rings. The number of nitrogens with zero attached hydrogens (tertiary/aromatic N) is 4. The van der Waals surface area contributed by atoms with E-state index in [9.17, 15) is 4.79 Å². The fourth-order valence-electron chi connectivity index (χ4n) is 2.15. The number of aromatic nitrogens is 4. The summed E-state index contributed by atoms with van der Waals surface area (Å²) in [6.45, 7) is 3.65. The van der Waals surface area contributed by atoms with E-state index < -0.39 is 0 Å². The van der Waals surface area contributed by atoms with Crippen LogP contribution >= 0.6 is 31.9 Å². The molecule has 0 atom stereocenters. The van der Waals surface area contributed by atoms with Crippen LogP contribution in [-0.4, -0.2) is 26.2 Å². The molecule has 2 heterocycles. The minimum atomic E-state index is 0.352. The molecule has 0 saturated heterocycles. The molecule has 0 unspecified atom stereocenters. The van der Waals surface area contributed by atoms with E-state index in [0.717, 1.165) is 36.7 Å². The Labute approximate surface area is 166 Å². The number of rotatable bonds is 2. The van der Waals surface area contributed by atoms with Crippen LogP contribution < -0.4 is 0 Å². The molecule has 2 aromatic heterocycles. The van der Waals surface area contributed by atoms with Gasteiger partial charge in [0.1, 0.15) is 5.69 Å². The molecule has 0 aliphatic heterocycles. The van der Waals surface area contributed by atoms with Crippen molar-refractivity contribution in [3.63, 3.8) is 0 Å². The largest absolute Gasteiger partial charge is 0.296 e. The van der Waals surface area contributed by atoms with Crippen molar-refractivity contribution in [1.29, 1.82) is 0 Å². The topological polar surface area (TPSA) is 68.6 Å². The molecule has 0 bridgehead atoms. The van der Waals surface area contributed by atoms with Crippen LogP contribution in [0.4, 0.5) is 0 Å². The van der Waals surface area contributed by atoms with Crippen molar-refractivity contribution in [1.82, 2.24) is 19.9 Å². The molecular weight excluding hydrogens is 460 g/mol. The third-order valence-electron chi connectivity index (χ3n) is 3.38. The standard InChI is InChI=1S/C10H7BrN2.C9H5BrN2O/c1-2-8-6-12-9-4-3-7(11)5-10(9)13-8;10-6-1-2-8-9(3-6)12-7(5-13)4-11-8/h2-6H,1H2;1-5H. The summed E-state index contributed by atoms with van der Waals surface area (Å²) in [6, 6.07) is 11.4. The van der Waals surface area contributed by atoms with Gasteiger partial charge in [-0.15, -0.1) is 0 Å². The Morgan fingerprint density at radius 2 is 1.27 bits per heavy atom. The van der Waals surface area contributed by atoms with Gasteiger partial charge in [0.25, 0.3) is 0 Å². The van der Waals surface area contributed by atoms with Crippen molar-refractivity contribution in [2.24, 2.45) is 0 Å². The number of aldehydes is 1. The lowest BCUT2D eigenvalue weighted by atomic mass is 10.3. The summed E-state index contributed by atoms with van der Waals surface area (Å²) in [5.41, 5.74) is 4.43. The smallest absolute Gasteiger partial charge is 0.170 e. The first-order valence-electron chi connectivity index (χ1n) is 7.51. The van der Waals surface area contributed by atoms with Crippen molar-refractivity contribution < 1.29 is 4.79 Å². The second-order valence-electron chi connectivity index (χ2n) is 5.18. The lowest BCUT2D eigenvalue weighted by molar-refractivity contribution is 0.111. The highest BCUT2D eigenvalue weighted by Crippen LogP contribution is 2.17. The number of fused-ring (bicyclic) bond motifs is 2. The third kappa shape index (κ3) is 4.36. The molecule has 5 nitrogen and oxygen atoms in total. The molecule has 0 aliphatic carbocycles. The summed E-state index contributed by atoms with van der Waals surface area (Å²) in [5, 5.41) is 0. The lowest BCUT2D eigenvalue weighted by Gasteiger charge is -1.97. The second kappa shape index (κ2) is 8.25. The number of hydrogen-bond donors (Lipinski definition) is 0. The maximum absolute atomic E-state index is 10.4. The molecule has 128 valence electrons. The predicted molar refractivity (Wildman–Crippen MR) is 110 cm³/mol. The quantitative estimate of drug-likeness (QED) is 0.374. The Hall–Kier alpha value is -2.51. The maximum Gasteiger partial charge on any atom is 0.170 e. The molecule has 7 heteroatoms. The Morgan fingerprint density at radius 1 is 0.769 bits per heavy atom. The van der Waals surface area contributed by atoms with Crippen molar-refractivity contribution in [2.75, 3.05) is 0 Å². The Bertz CT molecular complexity index is 1030. The molecule has 0 amide bonds. The number of carbonyl (C=O) groups excluding carboxylic acids is 1. The van der Waals surface area contributed by atoms with Crippen molar-refractivity contribution in [3.05, 3.63) is 75.7 Å². The van der Waals surface area contributed by atoms with Crippen LogP contribution in [0, 0.1) is 0 Å². The van der Waals surface area contributed by atoms with Gasteiger partial charge in [0.15, 0.2) is 6.29 Å². The van der Waals surface area contributed by atoms with Gasteiger partial charge >= 0.3 is 0 Å². The maximum atomic E-state index is 10.4. The first kappa shape index (κ1) is 18.3. The van der Waals surface area contributed by atoms with E-state index in [0.29, 0.717) is 12.0 Å². The summed E-state index contributed by atoms with van der Waals surface area (Å²) in [6.07, 6.45) is 5.55. The number of hydrogen-bond acceptors (Lipinski definition) is 5. The molecule has 2 aromatic carbocycles. The molecular formula is C19H12Br2N4O. The number of carbonyl (C=O) groups is 1. The van der Waals surface area contributed by atoms with Crippen LogP contribution in [0.25, 0.3) is 28.1 Å². The van der Waals surface area contributed by atoms with E-state index in [1.54, 1.807) is 12.3 Å². The fraction of sp³-hybridized carbons (Fsp3) is 0. The van der Waals surface area contributed by atoms with Crippen LogP contribution in [-0.2, 0) is 0 Å². The average molecular weight is 472 g/mol. The summed E-state index contributed by atoms with van der Waals surface area (Å²) in [4.78, 5) is 27.2. The van der Waals surface area contributed by atoms with E-state index in [4.69, 9.17) is 0 Å². The van der Waals surface area contributed by atoms with Crippen LogP contribution in [0.15, 0.2) is 64.3 Å². The molecule has 0 radical (unpaired) electrons. The van der Waals surface area contributed by atoms with Crippen molar-refractivity contribution >= 4 is 66.3 Å². The van der Waals surface area contributed by atoms with E-state index in [1.807, 2.05) is 36.4 Å². The predicted octanol–water partition coefficient (Wildman–Crippen LogP) is 5.24. The minimum Gasteiger partial charge on any atom is -0.296 e. The van der Waals surface area contributed by atoms with Gasteiger partial charge in [-0.1, -0.05) is 38.4 Å². The summed E-state index contributed by atoms with van der Waals surface area (Å²) >= 11 is 6.71. The highest BCUT2D eigenvalue weighted by atomic mass is 79.9. The van der Waals surface area contributed by atoms with E-state index >= 15 is 0 Å². The van der Waals surface area contributed by atoms with E-state index in [-0.39, 0.29) is 0 Å². The molecule has 0 aliphatic rings. The van der Waals surface area contributed by atoms with Gasteiger partial charge in [-0.2, -0.15) is 0 Å². The first-order chi connectivity index (χ1) is 12.6. The van der Waals surface area contributed by atoms with Gasteiger partial charge in [0, 0.05) is 8.95 Å².